The summed E-state index contributed by atoms with van der Waals surface area (Å²) in [7, 11) is 0. The van der Waals surface area contributed by atoms with Crippen molar-refractivity contribution in [2.24, 2.45) is 0 Å². The topological polar surface area (TPSA) is 75.7 Å². The van der Waals surface area contributed by atoms with Crippen molar-refractivity contribution in [3.63, 3.8) is 0 Å². The van der Waals surface area contributed by atoms with E-state index in [4.69, 9.17) is 4.74 Å². The number of benzene rings is 1. The molecular weight excluding hydrogens is 284 g/mol. The van der Waals surface area contributed by atoms with Gasteiger partial charge >= 0.3 is 0 Å². The van der Waals surface area contributed by atoms with E-state index in [1.807, 2.05) is 26.0 Å². The Hall–Kier alpha value is -2.37. The molecule has 1 atom stereocenters. The van der Waals surface area contributed by atoms with Crippen LogP contribution >= 0.6 is 0 Å². The third-order valence-electron chi connectivity index (χ3n) is 3.81. The molecule has 0 saturated carbocycles. The van der Waals surface area contributed by atoms with Crippen LogP contribution in [-0.4, -0.2) is 29.9 Å². The molecule has 2 aliphatic rings. The van der Waals surface area contributed by atoms with E-state index in [1.165, 1.54) is 4.90 Å². The second kappa shape index (κ2) is 5.44. The number of hydrogen-bond donors (Lipinski definition) is 1. The van der Waals surface area contributed by atoms with Gasteiger partial charge in [0.2, 0.25) is 17.7 Å². The fourth-order valence-corrected chi connectivity index (χ4v) is 2.94. The maximum absolute atomic E-state index is 12.3. The zero-order chi connectivity index (χ0) is 15.9. The first kappa shape index (κ1) is 14.6. The Bertz CT molecular complexity index is 654. The molecule has 0 aliphatic carbocycles. The molecule has 1 unspecified atom stereocenters. The first-order valence-electron chi connectivity index (χ1n) is 7.41. The van der Waals surface area contributed by atoms with Crippen molar-refractivity contribution in [2.45, 2.75) is 45.3 Å². The summed E-state index contributed by atoms with van der Waals surface area (Å²) in [5.74, 6) is -0.0911. The highest BCUT2D eigenvalue weighted by Gasteiger charge is 2.39. The zero-order valence-corrected chi connectivity index (χ0v) is 12.6. The molecule has 22 heavy (non-hydrogen) atoms. The van der Waals surface area contributed by atoms with E-state index in [1.54, 1.807) is 6.07 Å². The van der Waals surface area contributed by atoms with E-state index in [9.17, 15) is 14.4 Å². The summed E-state index contributed by atoms with van der Waals surface area (Å²) in [6, 6.07) is 4.85. The summed E-state index contributed by atoms with van der Waals surface area (Å²) in [6.45, 7) is 3.88. The highest BCUT2D eigenvalue weighted by molar-refractivity contribution is 6.10. The molecule has 0 spiro atoms. The van der Waals surface area contributed by atoms with Crippen molar-refractivity contribution in [1.82, 2.24) is 5.32 Å². The molecule has 116 valence electrons. The van der Waals surface area contributed by atoms with E-state index in [-0.39, 0.29) is 30.8 Å². The normalized spacial score (nSPS) is 21.1. The van der Waals surface area contributed by atoms with Crippen molar-refractivity contribution >= 4 is 23.4 Å². The maximum atomic E-state index is 12.3. The second-order valence-electron chi connectivity index (χ2n) is 5.86. The molecule has 2 heterocycles. The predicted octanol–water partition coefficient (Wildman–Crippen LogP) is 1.17. The van der Waals surface area contributed by atoms with Crippen molar-refractivity contribution < 1.29 is 19.1 Å². The number of nitrogens with one attached hydrogen (secondary N) is 1. The van der Waals surface area contributed by atoms with Crippen molar-refractivity contribution in [1.29, 1.82) is 0 Å². The Kier molecular flexibility index (Phi) is 3.60. The summed E-state index contributed by atoms with van der Waals surface area (Å²) in [5.41, 5.74) is 1.59. The Morgan fingerprint density at radius 3 is 2.73 bits per heavy atom. The lowest BCUT2D eigenvalue weighted by Crippen LogP contribution is -2.53. The van der Waals surface area contributed by atoms with Crippen molar-refractivity contribution in [3.05, 3.63) is 23.8 Å². The molecule has 0 bridgehead atoms. The first-order valence-corrected chi connectivity index (χ1v) is 7.41. The van der Waals surface area contributed by atoms with Gasteiger partial charge in [-0.05, 0) is 44.0 Å². The lowest BCUT2D eigenvalue weighted by Gasteiger charge is -2.30. The van der Waals surface area contributed by atoms with Gasteiger partial charge in [0.1, 0.15) is 11.8 Å². The molecular formula is C16H18N2O4. The Morgan fingerprint density at radius 1 is 1.27 bits per heavy atom. The second-order valence-corrected chi connectivity index (χ2v) is 5.86. The molecule has 6 heteroatoms. The van der Waals surface area contributed by atoms with Gasteiger partial charge in [0, 0.05) is 12.1 Å². The molecule has 1 fully saturated rings. The maximum Gasteiger partial charge on any atom is 0.249 e. The monoisotopic (exact) mass is 302 g/mol. The highest BCUT2D eigenvalue weighted by Crippen LogP contribution is 2.35. The lowest BCUT2D eigenvalue weighted by molar-refractivity contribution is -0.135. The van der Waals surface area contributed by atoms with Crippen LogP contribution < -0.4 is 15.0 Å². The minimum absolute atomic E-state index is 0.0568. The number of carbonyl (C=O) groups excluding carboxylic acids is 3. The number of carbonyl (C=O) groups is 3. The smallest absolute Gasteiger partial charge is 0.249 e. The standard InChI is InChI=1S/C16H18N2O4/c1-9(2)22-11-3-4-12-10(7-11)8-15(20)18(12)13-5-6-14(19)17-16(13)21/h3-4,7,9,13H,5-6,8H2,1-2H3,(H,17,19,21). The van der Waals surface area contributed by atoms with Crippen LogP contribution in [0.1, 0.15) is 32.3 Å². The predicted molar refractivity (Wildman–Crippen MR) is 79.6 cm³/mol. The van der Waals surface area contributed by atoms with E-state index in [0.29, 0.717) is 12.2 Å². The number of amides is 3. The fourth-order valence-electron chi connectivity index (χ4n) is 2.94. The van der Waals surface area contributed by atoms with Gasteiger partial charge in [0.05, 0.1) is 12.5 Å². The number of hydrogen-bond acceptors (Lipinski definition) is 4. The van der Waals surface area contributed by atoms with Crippen LogP contribution in [0.2, 0.25) is 0 Å². The number of ether oxygens (including phenoxy) is 1. The molecule has 1 aromatic rings. The van der Waals surface area contributed by atoms with Gasteiger partial charge in [-0.25, -0.2) is 0 Å². The van der Waals surface area contributed by atoms with Crippen LogP contribution in [0.25, 0.3) is 0 Å². The highest BCUT2D eigenvalue weighted by atomic mass is 16.5. The third-order valence-corrected chi connectivity index (χ3v) is 3.81. The van der Waals surface area contributed by atoms with Gasteiger partial charge in [-0.1, -0.05) is 0 Å². The number of nitrogens with zero attached hydrogens (tertiary/aromatic N) is 1. The quantitative estimate of drug-likeness (QED) is 0.850. The number of anilines is 1. The van der Waals surface area contributed by atoms with Crippen LogP contribution in [0.15, 0.2) is 18.2 Å². The van der Waals surface area contributed by atoms with E-state index in [2.05, 4.69) is 5.32 Å². The Balaban J connectivity index is 1.88. The van der Waals surface area contributed by atoms with Gasteiger partial charge in [-0.2, -0.15) is 0 Å². The summed E-state index contributed by atoms with van der Waals surface area (Å²) in [6.07, 6.45) is 0.924. The first-order chi connectivity index (χ1) is 10.5. The number of piperidine rings is 1. The molecule has 0 aromatic heterocycles. The van der Waals surface area contributed by atoms with Crippen molar-refractivity contribution in [2.75, 3.05) is 4.90 Å². The molecule has 3 amide bonds. The average molecular weight is 302 g/mol. The minimum atomic E-state index is -0.608. The fraction of sp³-hybridized carbons (Fsp3) is 0.438. The van der Waals surface area contributed by atoms with Crippen LogP contribution in [0.5, 0.6) is 5.75 Å². The minimum Gasteiger partial charge on any atom is -0.491 e. The van der Waals surface area contributed by atoms with E-state index in [0.717, 1.165) is 11.3 Å². The molecule has 1 aromatic carbocycles. The van der Waals surface area contributed by atoms with Crippen LogP contribution in [0.4, 0.5) is 5.69 Å². The molecule has 1 N–H and O–H groups in total. The van der Waals surface area contributed by atoms with Crippen LogP contribution in [0.3, 0.4) is 0 Å². The van der Waals surface area contributed by atoms with E-state index >= 15 is 0 Å². The average Bonchev–Trinajstić information content (AvgIpc) is 2.73. The summed E-state index contributed by atoms with van der Waals surface area (Å²) < 4.78 is 5.64. The lowest BCUT2D eigenvalue weighted by atomic mass is 10.0. The van der Waals surface area contributed by atoms with Gasteiger partial charge < -0.3 is 4.74 Å². The van der Waals surface area contributed by atoms with Gasteiger partial charge in [0.15, 0.2) is 0 Å². The largest absolute Gasteiger partial charge is 0.491 e. The molecule has 1 saturated heterocycles. The van der Waals surface area contributed by atoms with E-state index < -0.39 is 11.9 Å². The molecule has 0 radical (unpaired) electrons. The SMILES string of the molecule is CC(C)Oc1ccc2c(c1)CC(=O)N2C1CCC(=O)NC1=O. The molecule has 3 rings (SSSR count). The third kappa shape index (κ3) is 2.56. The molecule has 6 nitrogen and oxygen atoms in total. The summed E-state index contributed by atoms with van der Waals surface area (Å²) in [5, 5.41) is 2.30. The number of fused-ring (bicyclic) bond motifs is 1. The summed E-state index contributed by atoms with van der Waals surface area (Å²) >= 11 is 0. The van der Waals surface area contributed by atoms with Crippen molar-refractivity contribution in [3.8, 4) is 5.75 Å². The molecule has 2 aliphatic heterocycles. The summed E-state index contributed by atoms with van der Waals surface area (Å²) in [4.78, 5) is 37.1. The number of imide groups is 1. The van der Waals surface area contributed by atoms with Crippen LogP contribution in [-0.2, 0) is 20.8 Å². The van der Waals surface area contributed by atoms with Gasteiger partial charge in [-0.3, -0.25) is 24.6 Å². The van der Waals surface area contributed by atoms with Crippen LogP contribution in [0, 0.1) is 0 Å². The number of rotatable bonds is 3. The Morgan fingerprint density at radius 2 is 2.05 bits per heavy atom. The van der Waals surface area contributed by atoms with Gasteiger partial charge in [-0.15, -0.1) is 0 Å². The zero-order valence-electron chi connectivity index (χ0n) is 12.6. The van der Waals surface area contributed by atoms with Gasteiger partial charge in [0.25, 0.3) is 0 Å². The Labute approximate surface area is 128 Å².